The summed E-state index contributed by atoms with van der Waals surface area (Å²) < 4.78 is 121. The molecule has 4 aliphatic heterocycles. The third-order valence-electron chi connectivity index (χ3n) is 16.0. The second-order valence-electron chi connectivity index (χ2n) is 21.7. The number of hydrogen-bond donors (Lipinski definition) is 4. The van der Waals surface area contributed by atoms with Crippen LogP contribution in [0.3, 0.4) is 0 Å². The van der Waals surface area contributed by atoms with Gasteiger partial charge in [-0.1, -0.05) is 75.1 Å². The summed E-state index contributed by atoms with van der Waals surface area (Å²) in [6, 6.07) is 16.6. The summed E-state index contributed by atoms with van der Waals surface area (Å²) in [5.74, 6) is 0.764. The van der Waals surface area contributed by atoms with Gasteiger partial charge in [-0.25, -0.2) is 0 Å². The first kappa shape index (κ1) is 63.7. The van der Waals surface area contributed by atoms with Gasteiger partial charge in [0.15, 0.2) is 0 Å². The van der Waals surface area contributed by atoms with Gasteiger partial charge in [0.25, 0.3) is 36.3 Å². The van der Waals surface area contributed by atoms with Crippen molar-refractivity contribution in [2.75, 3.05) is 73.2 Å². The number of amides is 1. The molecule has 0 aromatic heterocycles. The molecule has 430 valence electrons. The molecule has 3 aromatic rings. The predicted molar refractivity (Wildman–Crippen MR) is 309 cm³/mol. The van der Waals surface area contributed by atoms with Gasteiger partial charge in [0.05, 0.1) is 31.3 Å². The SMILES string of the molecule is CC1(CCCCS(=O)(=O)O)C(/C=C\C2=C(Oc3ccc(C(=O)NCCOCCOCCCCCCCl)cc3)C(=C/C=C3/N4CCCc5ccc(S(=O)(=O)O)c(c54)C3(C)CCCCS(=O)(=O)O)/CCC2)=CN2CCc3cccc1c32.[Na+]. The van der Waals surface area contributed by atoms with Gasteiger partial charge in [0.2, 0.25) is 0 Å². The van der Waals surface area contributed by atoms with E-state index in [1.54, 1.807) is 30.3 Å². The first-order valence-corrected chi connectivity index (χ1v) is 32.9. The molecule has 4 heterocycles. The van der Waals surface area contributed by atoms with Crippen LogP contribution in [0.15, 0.2) is 118 Å². The monoisotopic (exact) mass is 1190 g/mol. The number of allylic oxidation sites excluding steroid dienone is 8. The van der Waals surface area contributed by atoms with Crippen molar-refractivity contribution in [3.05, 3.63) is 141 Å². The van der Waals surface area contributed by atoms with Crippen LogP contribution in [0.4, 0.5) is 11.4 Å². The molecule has 8 rings (SSSR count). The third-order valence-corrected chi connectivity index (χ3v) is 18.8. The van der Waals surface area contributed by atoms with E-state index in [-0.39, 0.29) is 52.5 Å². The van der Waals surface area contributed by atoms with E-state index >= 15 is 0 Å². The molecule has 0 saturated heterocycles. The number of nitrogens with one attached hydrogen (secondary N) is 1. The summed E-state index contributed by atoms with van der Waals surface area (Å²) in [5.41, 5.74) is 8.33. The van der Waals surface area contributed by atoms with Gasteiger partial charge in [0.1, 0.15) is 16.4 Å². The summed E-state index contributed by atoms with van der Waals surface area (Å²) in [6.45, 7) is 7.76. The number of rotatable bonds is 29. The third kappa shape index (κ3) is 15.9. The molecule has 5 aliphatic rings. The van der Waals surface area contributed by atoms with Crippen LogP contribution in [0, 0.1) is 0 Å². The number of carbonyl (C=O) groups excluding carboxylic acids is 1. The number of para-hydroxylation sites is 1. The van der Waals surface area contributed by atoms with Crippen molar-refractivity contribution in [2.24, 2.45) is 0 Å². The van der Waals surface area contributed by atoms with Crippen molar-refractivity contribution < 1.29 is 87.5 Å². The van der Waals surface area contributed by atoms with Crippen LogP contribution in [0.5, 0.6) is 5.75 Å². The van der Waals surface area contributed by atoms with Crippen LogP contribution in [0.25, 0.3) is 0 Å². The Bertz CT molecular complexity index is 3220. The maximum Gasteiger partial charge on any atom is 1.00 e. The van der Waals surface area contributed by atoms with Gasteiger partial charge in [-0.3, -0.25) is 18.5 Å². The molecule has 0 bridgehead atoms. The Balaban J connectivity index is 0.00000924. The Morgan fingerprint density at radius 1 is 0.700 bits per heavy atom. The summed E-state index contributed by atoms with van der Waals surface area (Å²) in [6.07, 6.45) is 21.4. The molecule has 1 aliphatic carbocycles. The van der Waals surface area contributed by atoms with E-state index in [1.807, 2.05) is 19.1 Å². The van der Waals surface area contributed by atoms with Crippen molar-refractivity contribution in [2.45, 2.75) is 132 Å². The van der Waals surface area contributed by atoms with E-state index in [9.17, 15) is 43.7 Å². The van der Waals surface area contributed by atoms with E-state index in [2.05, 4.69) is 58.6 Å². The van der Waals surface area contributed by atoms with E-state index in [1.165, 1.54) is 17.3 Å². The smallest absolute Gasteiger partial charge is 0.457 e. The van der Waals surface area contributed by atoms with Crippen LogP contribution < -0.4 is 49.4 Å². The number of carbonyl (C=O) groups is 1. The predicted octanol–water partition coefficient (Wildman–Crippen LogP) is 7.74. The maximum atomic E-state index is 13.3. The number of unbranched alkanes of at least 4 members (excludes halogenated alkanes) is 5. The average Bonchev–Trinajstić information content (AvgIpc) is 4.16. The summed E-state index contributed by atoms with van der Waals surface area (Å²) >= 11 is 5.75. The molecule has 4 N–H and O–H groups in total. The number of halogens is 1. The second kappa shape index (κ2) is 28.2. The minimum atomic E-state index is -4.68. The van der Waals surface area contributed by atoms with Crippen molar-refractivity contribution in [3.63, 3.8) is 0 Å². The van der Waals surface area contributed by atoms with Crippen LogP contribution in [0.2, 0.25) is 0 Å². The molecule has 0 saturated carbocycles. The van der Waals surface area contributed by atoms with E-state index in [0.29, 0.717) is 119 Å². The molecule has 16 nitrogen and oxygen atoms in total. The van der Waals surface area contributed by atoms with Crippen LogP contribution in [0.1, 0.15) is 136 Å². The molecule has 0 fully saturated rings. The number of hydrogen-bond acceptors (Lipinski definition) is 12. The first-order valence-electron chi connectivity index (χ1n) is 27.7. The number of alkyl halides is 1. The minimum Gasteiger partial charge on any atom is -0.457 e. The number of aryl methyl sites for hydroxylation is 1. The first-order chi connectivity index (χ1) is 37.7. The van der Waals surface area contributed by atoms with E-state index in [0.717, 1.165) is 90.7 Å². The second-order valence-corrected chi connectivity index (χ2v) is 26.6. The van der Waals surface area contributed by atoms with E-state index < -0.39 is 46.9 Å². The molecule has 0 spiro atoms. The molecule has 3 aromatic carbocycles. The number of nitrogens with zero attached hydrogens (tertiary/aromatic N) is 2. The molecule has 2 unspecified atom stereocenters. The Kier molecular flexibility index (Phi) is 22.4. The quantitative estimate of drug-likeness (QED) is 0.0226. The summed E-state index contributed by atoms with van der Waals surface area (Å²) in [4.78, 5) is 17.5. The van der Waals surface area contributed by atoms with Crippen LogP contribution >= 0.6 is 11.6 Å². The Morgan fingerprint density at radius 2 is 1.39 bits per heavy atom. The summed E-state index contributed by atoms with van der Waals surface area (Å²) in [7, 11) is -13.0. The van der Waals surface area contributed by atoms with Crippen molar-refractivity contribution in [1.29, 1.82) is 0 Å². The molecule has 21 heteroatoms. The molecule has 1 amide bonds. The van der Waals surface area contributed by atoms with Crippen molar-refractivity contribution in [1.82, 2.24) is 5.32 Å². The topological polar surface area (TPSA) is 226 Å². The van der Waals surface area contributed by atoms with Gasteiger partial charge in [-0.05, 0) is 154 Å². The maximum absolute atomic E-state index is 13.3. The van der Waals surface area contributed by atoms with Crippen molar-refractivity contribution in [3.8, 4) is 5.75 Å². The Morgan fingerprint density at radius 3 is 2.09 bits per heavy atom. The van der Waals surface area contributed by atoms with Gasteiger partial charge in [-0.15, -0.1) is 11.6 Å². The molecular formula is C59H76ClN3NaO13S3+. The fourth-order valence-corrected chi connectivity index (χ4v) is 14.1. The average molecular weight is 1190 g/mol. The molecular weight excluding hydrogens is 1110 g/mol. The fraction of sp³-hybridized carbons (Fsp3) is 0.508. The number of ether oxygens (including phenoxy) is 3. The van der Waals surface area contributed by atoms with Crippen molar-refractivity contribution >= 4 is 59.2 Å². The molecule has 2 atom stereocenters. The van der Waals surface area contributed by atoms with Gasteiger partial charge in [0, 0.05) is 77.3 Å². The van der Waals surface area contributed by atoms with E-state index in [4.69, 9.17) is 25.8 Å². The standard InChI is InChI=1S/C59H76ClN3O13S3.Na/c1-58(30-5-9-40-77(65,66)67)48(42-62-35-29-44-14-12-18-50(58)54(44)62)24-19-45-15-11-16-46(56(45)76-49-25-20-47(21-26-49)57(64)61-33-37-75-39-38-74-36-8-4-3-7-32-60)23-28-52-59(2,31-6-10-41-78(68,69)70)53-51(79(71,72)73)27-22-43-17-13-34-63(52)55(43)53;/h12,14,18-28,42H,3-11,13,15-17,29-41H2,1-2H3,(H,61,64)(H,65,66,67)(H,68,69,70)(H,71,72,73);/q;+1/b24-19-,46-23+,52-28+;. The number of anilines is 2. The van der Waals surface area contributed by atoms with Gasteiger partial charge < -0.3 is 29.3 Å². The Hall–Kier alpha value is -3.83. The largest absolute Gasteiger partial charge is 1.00 e. The Labute approximate surface area is 500 Å². The zero-order valence-electron chi connectivity index (χ0n) is 46.4. The van der Waals surface area contributed by atoms with Crippen LogP contribution in [-0.4, -0.2) is 108 Å². The zero-order chi connectivity index (χ0) is 56.4. The van der Waals surface area contributed by atoms with Gasteiger partial charge >= 0.3 is 29.6 Å². The number of benzene rings is 3. The minimum absolute atomic E-state index is 0. The molecule has 0 radical (unpaired) electrons. The molecule has 80 heavy (non-hydrogen) atoms. The normalized spacial score (nSPS) is 20.8. The van der Waals surface area contributed by atoms with Crippen LogP contribution in [-0.2, 0) is 63.5 Å². The fourth-order valence-electron chi connectivity index (χ4n) is 12.0. The zero-order valence-corrected chi connectivity index (χ0v) is 51.6. The van der Waals surface area contributed by atoms with Gasteiger partial charge in [-0.2, -0.15) is 25.3 Å². The summed E-state index contributed by atoms with van der Waals surface area (Å²) in [5, 5.41) is 2.92.